The molecule has 0 bridgehead atoms. The molecule has 0 aromatic heterocycles. The van der Waals surface area contributed by atoms with E-state index in [0.29, 0.717) is 0 Å². The van der Waals surface area contributed by atoms with E-state index >= 15 is 0 Å². The van der Waals surface area contributed by atoms with Crippen LogP contribution in [0.1, 0.15) is 26.2 Å². The maximum atomic E-state index is 11.0. The van der Waals surface area contributed by atoms with Crippen LogP contribution in [0.25, 0.3) is 0 Å². The SMILES string of the molecule is CC1(CO)CCCC1NS(C)(=O)=O. The van der Waals surface area contributed by atoms with E-state index in [4.69, 9.17) is 5.11 Å². The van der Waals surface area contributed by atoms with Gasteiger partial charge in [-0.25, -0.2) is 13.1 Å². The summed E-state index contributed by atoms with van der Waals surface area (Å²) in [6, 6.07) is -0.104. The Morgan fingerprint density at radius 3 is 2.69 bits per heavy atom. The molecule has 1 rings (SSSR count). The summed E-state index contributed by atoms with van der Waals surface area (Å²) in [5.41, 5.74) is -0.275. The van der Waals surface area contributed by atoms with Crippen molar-refractivity contribution < 1.29 is 13.5 Å². The first-order valence-electron chi connectivity index (χ1n) is 4.45. The van der Waals surface area contributed by atoms with Crippen LogP contribution in [0.4, 0.5) is 0 Å². The zero-order chi connectivity index (χ0) is 10.1. The van der Waals surface area contributed by atoms with Gasteiger partial charge in [-0.3, -0.25) is 0 Å². The molecule has 0 radical (unpaired) electrons. The Bertz CT molecular complexity index is 275. The van der Waals surface area contributed by atoms with Gasteiger partial charge in [-0.1, -0.05) is 13.3 Å². The average Bonchev–Trinajstić information content (AvgIpc) is 2.31. The highest BCUT2D eigenvalue weighted by Gasteiger charge is 2.39. The van der Waals surface area contributed by atoms with Crippen molar-refractivity contribution in [2.24, 2.45) is 5.41 Å². The van der Waals surface area contributed by atoms with Crippen LogP contribution >= 0.6 is 0 Å². The molecular formula is C8H17NO3S. The second-order valence-corrected chi connectivity index (χ2v) is 5.93. The lowest BCUT2D eigenvalue weighted by Gasteiger charge is -2.29. The van der Waals surface area contributed by atoms with Crippen molar-refractivity contribution in [3.05, 3.63) is 0 Å². The first kappa shape index (κ1) is 10.9. The summed E-state index contributed by atoms with van der Waals surface area (Å²) in [6.07, 6.45) is 3.84. The number of aliphatic hydroxyl groups is 1. The molecule has 0 aromatic carbocycles. The number of aliphatic hydroxyl groups excluding tert-OH is 1. The summed E-state index contributed by atoms with van der Waals surface area (Å²) < 4.78 is 24.6. The van der Waals surface area contributed by atoms with Crippen molar-refractivity contribution in [3.8, 4) is 0 Å². The van der Waals surface area contributed by atoms with Crippen LogP contribution in [0.3, 0.4) is 0 Å². The number of nitrogens with one attached hydrogen (secondary N) is 1. The minimum absolute atomic E-state index is 0.0419. The molecule has 0 saturated heterocycles. The molecule has 1 aliphatic rings. The van der Waals surface area contributed by atoms with E-state index < -0.39 is 10.0 Å². The van der Waals surface area contributed by atoms with Crippen molar-refractivity contribution in [2.45, 2.75) is 32.2 Å². The van der Waals surface area contributed by atoms with E-state index in [0.717, 1.165) is 25.5 Å². The molecule has 0 spiro atoms. The third kappa shape index (κ3) is 2.65. The molecule has 0 aromatic rings. The maximum Gasteiger partial charge on any atom is 0.208 e. The molecular weight excluding hydrogens is 190 g/mol. The van der Waals surface area contributed by atoms with Crippen molar-refractivity contribution in [1.82, 2.24) is 4.72 Å². The number of hydrogen-bond acceptors (Lipinski definition) is 3. The molecule has 1 saturated carbocycles. The van der Waals surface area contributed by atoms with Crippen LogP contribution in [-0.4, -0.2) is 32.4 Å². The molecule has 0 aliphatic heterocycles. The van der Waals surface area contributed by atoms with Crippen molar-refractivity contribution in [3.63, 3.8) is 0 Å². The minimum Gasteiger partial charge on any atom is -0.396 e. The zero-order valence-electron chi connectivity index (χ0n) is 8.08. The Balaban J connectivity index is 2.70. The standard InChI is InChI=1S/C8H17NO3S/c1-8(6-10)5-3-4-7(8)9-13(2,11)12/h7,9-10H,3-6H2,1-2H3. The molecule has 2 atom stereocenters. The second kappa shape index (κ2) is 3.55. The first-order chi connectivity index (χ1) is 5.87. The highest BCUT2D eigenvalue weighted by Crippen LogP contribution is 2.37. The smallest absolute Gasteiger partial charge is 0.208 e. The molecule has 13 heavy (non-hydrogen) atoms. The molecule has 2 unspecified atom stereocenters. The summed E-state index contributed by atoms with van der Waals surface area (Å²) in [5.74, 6) is 0. The Kier molecular flexibility index (Phi) is 2.99. The fourth-order valence-corrected chi connectivity index (χ4v) is 2.80. The van der Waals surface area contributed by atoms with E-state index in [-0.39, 0.29) is 18.1 Å². The first-order valence-corrected chi connectivity index (χ1v) is 6.35. The maximum absolute atomic E-state index is 11.0. The highest BCUT2D eigenvalue weighted by atomic mass is 32.2. The monoisotopic (exact) mass is 207 g/mol. The molecule has 0 heterocycles. The summed E-state index contributed by atoms with van der Waals surface area (Å²) in [7, 11) is -3.15. The average molecular weight is 207 g/mol. The Morgan fingerprint density at radius 2 is 2.23 bits per heavy atom. The van der Waals surface area contributed by atoms with Gasteiger partial charge in [-0.2, -0.15) is 0 Å². The van der Waals surface area contributed by atoms with Crippen LogP contribution < -0.4 is 4.72 Å². The van der Waals surface area contributed by atoms with Crippen LogP contribution in [0, 0.1) is 5.41 Å². The predicted molar refractivity (Wildman–Crippen MR) is 50.8 cm³/mol. The van der Waals surface area contributed by atoms with Gasteiger partial charge in [0.2, 0.25) is 10.0 Å². The lowest BCUT2D eigenvalue weighted by molar-refractivity contribution is 0.127. The predicted octanol–water partition coefficient (Wildman–Crippen LogP) is 0.0867. The number of sulfonamides is 1. The summed E-state index contributed by atoms with van der Waals surface area (Å²) >= 11 is 0. The number of hydrogen-bond donors (Lipinski definition) is 2. The Morgan fingerprint density at radius 1 is 1.62 bits per heavy atom. The fraction of sp³-hybridized carbons (Fsp3) is 1.00. The van der Waals surface area contributed by atoms with Gasteiger partial charge in [-0.05, 0) is 12.8 Å². The van der Waals surface area contributed by atoms with Gasteiger partial charge in [0.25, 0.3) is 0 Å². The summed E-state index contributed by atoms with van der Waals surface area (Å²) in [6.45, 7) is 1.96. The van der Waals surface area contributed by atoms with Gasteiger partial charge in [0.1, 0.15) is 0 Å². The van der Waals surface area contributed by atoms with Gasteiger partial charge >= 0.3 is 0 Å². The lowest BCUT2D eigenvalue weighted by atomic mass is 9.86. The Labute approximate surface area is 79.4 Å². The molecule has 5 heteroatoms. The summed E-state index contributed by atoms with van der Waals surface area (Å²) in [4.78, 5) is 0. The van der Waals surface area contributed by atoms with E-state index in [1.165, 1.54) is 0 Å². The van der Waals surface area contributed by atoms with E-state index in [2.05, 4.69) is 4.72 Å². The molecule has 2 N–H and O–H groups in total. The van der Waals surface area contributed by atoms with Crippen molar-refractivity contribution in [1.29, 1.82) is 0 Å². The minimum atomic E-state index is -3.15. The van der Waals surface area contributed by atoms with Gasteiger partial charge < -0.3 is 5.11 Å². The van der Waals surface area contributed by atoms with Crippen LogP contribution in [0.15, 0.2) is 0 Å². The fourth-order valence-electron chi connectivity index (χ4n) is 1.88. The third-order valence-electron chi connectivity index (χ3n) is 2.80. The van der Waals surface area contributed by atoms with Gasteiger partial charge in [-0.15, -0.1) is 0 Å². The molecule has 78 valence electrons. The van der Waals surface area contributed by atoms with Crippen LogP contribution in [0.5, 0.6) is 0 Å². The van der Waals surface area contributed by atoms with Crippen molar-refractivity contribution in [2.75, 3.05) is 12.9 Å². The van der Waals surface area contributed by atoms with E-state index in [1.54, 1.807) is 0 Å². The van der Waals surface area contributed by atoms with E-state index in [1.807, 2.05) is 6.92 Å². The van der Waals surface area contributed by atoms with Gasteiger partial charge in [0.15, 0.2) is 0 Å². The quantitative estimate of drug-likeness (QED) is 0.689. The van der Waals surface area contributed by atoms with Crippen molar-refractivity contribution >= 4 is 10.0 Å². The van der Waals surface area contributed by atoms with Gasteiger partial charge in [0.05, 0.1) is 6.26 Å². The highest BCUT2D eigenvalue weighted by molar-refractivity contribution is 7.88. The molecule has 4 nitrogen and oxygen atoms in total. The second-order valence-electron chi connectivity index (χ2n) is 4.15. The Hall–Kier alpha value is -0.130. The molecule has 1 aliphatic carbocycles. The third-order valence-corrected chi connectivity index (χ3v) is 3.51. The largest absolute Gasteiger partial charge is 0.396 e. The summed E-state index contributed by atoms with van der Waals surface area (Å²) in [5, 5.41) is 9.16. The number of rotatable bonds is 3. The normalized spacial score (nSPS) is 35.2. The zero-order valence-corrected chi connectivity index (χ0v) is 8.89. The van der Waals surface area contributed by atoms with Crippen LogP contribution in [0.2, 0.25) is 0 Å². The van der Waals surface area contributed by atoms with Gasteiger partial charge in [0, 0.05) is 18.1 Å². The topological polar surface area (TPSA) is 66.4 Å². The van der Waals surface area contributed by atoms with E-state index in [9.17, 15) is 8.42 Å². The molecule has 1 fully saturated rings. The lowest BCUT2D eigenvalue weighted by Crippen LogP contribution is -2.44. The molecule has 0 amide bonds. The van der Waals surface area contributed by atoms with Crippen LogP contribution in [-0.2, 0) is 10.0 Å².